The van der Waals surface area contributed by atoms with Crippen molar-refractivity contribution in [1.29, 1.82) is 0 Å². The number of benzene rings is 2. The van der Waals surface area contributed by atoms with Gasteiger partial charge >= 0.3 is 11.9 Å². The smallest absolute Gasteiger partial charge is 0.352 e. The van der Waals surface area contributed by atoms with Gasteiger partial charge in [-0.25, -0.2) is 9.59 Å². The Morgan fingerprint density at radius 1 is 1.08 bits per heavy atom. The number of hydrogen-bond donors (Lipinski definition) is 0. The molecule has 0 saturated carbocycles. The van der Waals surface area contributed by atoms with Gasteiger partial charge in [0.15, 0.2) is 0 Å². The molecule has 1 aromatic heterocycles. The number of hydrogen-bond acceptors (Lipinski definition) is 8. The number of fused-ring (bicyclic) bond motifs is 1. The molecule has 0 saturated heterocycles. The SMILES string of the molecule is CCOC(=O)C(Oc1ccc(C(=O)OC)cc1)c1ccc2nsnc2c1. The standard InChI is InChI=1S/C18H16N2O5S/c1-3-24-18(22)16(12-6-9-14-15(10-12)20-26-19-14)25-13-7-4-11(5-8-13)17(21)23-2/h4-10,16H,3H2,1-2H3. The summed E-state index contributed by atoms with van der Waals surface area (Å²) in [7, 11) is 1.31. The van der Waals surface area contributed by atoms with E-state index in [-0.39, 0.29) is 6.61 Å². The summed E-state index contributed by atoms with van der Waals surface area (Å²) in [4.78, 5) is 23.9. The summed E-state index contributed by atoms with van der Waals surface area (Å²) < 4.78 is 24.0. The average Bonchev–Trinajstić information content (AvgIpc) is 3.14. The first kappa shape index (κ1) is 17.8. The molecule has 26 heavy (non-hydrogen) atoms. The van der Waals surface area contributed by atoms with Crippen LogP contribution in [0.2, 0.25) is 0 Å². The predicted molar refractivity (Wildman–Crippen MR) is 95.2 cm³/mol. The highest BCUT2D eigenvalue weighted by molar-refractivity contribution is 7.00. The van der Waals surface area contributed by atoms with Gasteiger partial charge < -0.3 is 14.2 Å². The zero-order chi connectivity index (χ0) is 18.5. The second-order valence-corrected chi connectivity index (χ2v) is 5.81. The zero-order valence-corrected chi connectivity index (χ0v) is 15.0. The van der Waals surface area contributed by atoms with Crippen LogP contribution in [0.4, 0.5) is 0 Å². The summed E-state index contributed by atoms with van der Waals surface area (Å²) >= 11 is 1.10. The van der Waals surface area contributed by atoms with E-state index < -0.39 is 18.0 Å². The molecule has 0 amide bonds. The van der Waals surface area contributed by atoms with Gasteiger partial charge in [0.1, 0.15) is 16.8 Å². The molecule has 3 rings (SSSR count). The number of aromatic nitrogens is 2. The van der Waals surface area contributed by atoms with E-state index in [4.69, 9.17) is 9.47 Å². The van der Waals surface area contributed by atoms with Crippen molar-refractivity contribution in [3.63, 3.8) is 0 Å². The van der Waals surface area contributed by atoms with E-state index in [1.807, 2.05) is 0 Å². The molecule has 7 nitrogen and oxygen atoms in total. The van der Waals surface area contributed by atoms with Crippen LogP contribution >= 0.6 is 11.7 Å². The lowest BCUT2D eigenvalue weighted by atomic mass is 10.1. The van der Waals surface area contributed by atoms with E-state index in [1.54, 1.807) is 49.4 Å². The molecule has 0 spiro atoms. The third-order valence-electron chi connectivity index (χ3n) is 3.61. The summed E-state index contributed by atoms with van der Waals surface area (Å²) in [5.41, 5.74) is 2.44. The van der Waals surface area contributed by atoms with Crippen molar-refractivity contribution in [2.24, 2.45) is 0 Å². The summed E-state index contributed by atoms with van der Waals surface area (Å²) in [5, 5.41) is 0. The molecular weight excluding hydrogens is 356 g/mol. The molecule has 0 aliphatic carbocycles. The van der Waals surface area contributed by atoms with Gasteiger partial charge in [-0.15, -0.1) is 0 Å². The average molecular weight is 372 g/mol. The number of esters is 2. The first-order valence-corrected chi connectivity index (χ1v) is 8.59. The molecule has 2 aromatic carbocycles. The second kappa shape index (κ2) is 7.92. The quantitative estimate of drug-likeness (QED) is 0.614. The Bertz CT molecular complexity index is 923. The lowest BCUT2D eigenvalue weighted by Crippen LogP contribution is -2.21. The normalized spacial score (nSPS) is 11.8. The number of carbonyl (C=O) groups excluding carboxylic acids is 2. The largest absolute Gasteiger partial charge is 0.474 e. The van der Waals surface area contributed by atoms with E-state index >= 15 is 0 Å². The number of carbonyl (C=O) groups is 2. The molecule has 1 atom stereocenters. The maximum Gasteiger partial charge on any atom is 0.352 e. The summed E-state index contributed by atoms with van der Waals surface area (Å²) in [6, 6.07) is 11.6. The Labute approximate surface area is 153 Å². The third kappa shape index (κ3) is 3.80. The highest BCUT2D eigenvalue weighted by Crippen LogP contribution is 2.26. The Morgan fingerprint density at radius 2 is 1.81 bits per heavy atom. The van der Waals surface area contributed by atoms with Crippen molar-refractivity contribution >= 4 is 34.7 Å². The minimum Gasteiger partial charge on any atom is -0.474 e. The van der Waals surface area contributed by atoms with Gasteiger partial charge in [-0.2, -0.15) is 8.75 Å². The fourth-order valence-electron chi connectivity index (χ4n) is 2.36. The molecule has 0 bridgehead atoms. The van der Waals surface area contributed by atoms with Crippen molar-refractivity contribution in [2.45, 2.75) is 13.0 Å². The van der Waals surface area contributed by atoms with Crippen molar-refractivity contribution in [3.8, 4) is 5.75 Å². The Kier molecular flexibility index (Phi) is 5.43. The van der Waals surface area contributed by atoms with Crippen LogP contribution in [0.3, 0.4) is 0 Å². The van der Waals surface area contributed by atoms with Crippen molar-refractivity contribution < 1.29 is 23.8 Å². The minimum absolute atomic E-state index is 0.237. The van der Waals surface area contributed by atoms with Crippen molar-refractivity contribution in [1.82, 2.24) is 8.75 Å². The summed E-state index contributed by atoms with van der Waals surface area (Å²) in [5.74, 6) is -0.528. The van der Waals surface area contributed by atoms with Gasteiger partial charge in [0.05, 0.1) is 31.0 Å². The van der Waals surface area contributed by atoms with Crippen LogP contribution in [0.5, 0.6) is 5.75 Å². The van der Waals surface area contributed by atoms with Crippen LogP contribution in [-0.2, 0) is 14.3 Å². The van der Waals surface area contributed by atoms with Crippen LogP contribution in [-0.4, -0.2) is 34.4 Å². The minimum atomic E-state index is -0.954. The molecule has 8 heteroatoms. The van der Waals surface area contributed by atoms with Crippen LogP contribution < -0.4 is 4.74 Å². The molecule has 1 unspecified atom stereocenters. The van der Waals surface area contributed by atoms with Crippen LogP contribution in [0.25, 0.3) is 11.0 Å². The van der Waals surface area contributed by atoms with Gasteiger partial charge in [0, 0.05) is 5.56 Å². The van der Waals surface area contributed by atoms with Gasteiger partial charge in [-0.05, 0) is 43.3 Å². The highest BCUT2D eigenvalue weighted by Gasteiger charge is 2.25. The van der Waals surface area contributed by atoms with E-state index in [0.717, 1.165) is 17.2 Å². The predicted octanol–water partition coefficient (Wildman–Crippen LogP) is 3.16. The van der Waals surface area contributed by atoms with Gasteiger partial charge in [-0.3, -0.25) is 0 Å². The van der Waals surface area contributed by atoms with Crippen molar-refractivity contribution in [3.05, 3.63) is 53.6 Å². The summed E-state index contributed by atoms with van der Waals surface area (Å²) in [6.07, 6.45) is -0.954. The van der Waals surface area contributed by atoms with Crippen LogP contribution in [0.1, 0.15) is 28.9 Å². The zero-order valence-electron chi connectivity index (χ0n) is 14.2. The molecule has 0 fully saturated rings. The van der Waals surface area contributed by atoms with E-state index in [2.05, 4.69) is 13.5 Å². The maximum atomic E-state index is 12.4. The fraction of sp³-hybridized carbons (Fsp3) is 0.222. The second-order valence-electron chi connectivity index (χ2n) is 5.28. The van der Waals surface area contributed by atoms with Gasteiger partial charge in [0.25, 0.3) is 0 Å². The van der Waals surface area contributed by atoms with Crippen LogP contribution in [0, 0.1) is 0 Å². The van der Waals surface area contributed by atoms with E-state index in [9.17, 15) is 9.59 Å². The van der Waals surface area contributed by atoms with Crippen molar-refractivity contribution in [2.75, 3.05) is 13.7 Å². The Balaban J connectivity index is 1.88. The Morgan fingerprint density at radius 3 is 2.50 bits per heavy atom. The lowest BCUT2D eigenvalue weighted by Gasteiger charge is -2.18. The molecule has 0 aliphatic heterocycles. The topological polar surface area (TPSA) is 87.6 Å². The highest BCUT2D eigenvalue weighted by atomic mass is 32.1. The number of nitrogens with zero attached hydrogens (tertiary/aromatic N) is 2. The summed E-state index contributed by atoms with van der Waals surface area (Å²) in [6.45, 7) is 1.97. The van der Waals surface area contributed by atoms with Gasteiger partial charge in [-0.1, -0.05) is 6.07 Å². The molecule has 134 valence electrons. The van der Waals surface area contributed by atoms with E-state index in [1.165, 1.54) is 7.11 Å². The molecule has 0 radical (unpaired) electrons. The molecule has 3 aromatic rings. The van der Waals surface area contributed by atoms with E-state index in [0.29, 0.717) is 22.4 Å². The number of rotatable bonds is 6. The maximum absolute atomic E-state index is 12.4. The Hall–Kier alpha value is -3.00. The fourth-order valence-corrected chi connectivity index (χ4v) is 2.87. The molecule has 1 heterocycles. The molecule has 0 aliphatic rings. The third-order valence-corrected chi connectivity index (χ3v) is 4.17. The van der Waals surface area contributed by atoms with Crippen LogP contribution in [0.15, 0.2) is 42.5 Å². The lowest BCUT2D eigenvalue weighted by molar-refractivity contribution is -0.151. The first-order chi connectivity index (χ1) is 12.6. The first-order valence-electron chi connectivity index (χ1n) is 7.86. The number of methoxy groups -OCH3 is 1. The molecular formula is C18H16N2O5S. The molecule has 0 N–H and O–H groups in total. The number of ether oxygens (including phenoxy) is 3. The monoisotopic (exact) mass is 372 g/mol. The van der Waals surface area contributed by atoms with Gasteiger partial charge in [0.2, 0.25) is 6.10 Å².